The van der Waals surface area contributed by atoms with Gasteiger partial charge in [-0.05, 0) is 49.9 Å². The van der Waals surface area contributed by atoms with Gasteiger partial charge in [-0.2, -0.15) is 0 Å². The molecule has 0 aliphatic rings. The maximum absolute atomic E-state index is 13.2. The van der Waals surface area contributed by atoms with Gasteiger partial charge in [-0.1, -0.05) is 6.92 Å². The first kappa shape index (κ1) is 17.1. The first-order chi connectivity index (χ1) is 9.38. The molecule has 1 aromatic carbocycles. The summed E-state index contributed by atoms with van der Waals surface area (Å²) < 4.78 is 45.4. The van der Waals surface area contributed by atoms with E-state index in [0.29, 0.717) is 37.3 Å². The topological polar surface area (TPSA) is 55.4 Å². The Labute approximate surface area is 120 Å². The van der Waals surface area contributed by atoms with Crippen molar-refractivity contribution < 1.29 is 17.5 Å². The van der Waals surface area contributed by atoms with Crippen molar-refractivity contribution in [2.24, 2.45) is 0 Å². The van der Waals surface area contributed by atoms with E-state index in [2.05, 4.69) is 4.72 Å². The van der Waals surface area contributed by atoms with E-state index in [0.717, 1.165) is 6.42 Å². The average Bonchev–Trinajstić information content (AvgIpc) is 2.31. The number of rotatable bonds is 8. The monoisotopic (exact) mass is 303 g/mol. The third-order valence-electron chi connectivity index (χ3n) is 2.80. The highest BCUT2D eigenvalue weighted by Crippen LogP contribution is 2.21. The number of sulfonamides is 1. The number of hydrogen-bond acceptors (Lipinski definition) is 3. The highest BCUT2D eigenvalue weighted by Gasteiger charge is 2.19. The van der Waals surface area contributed by atoms with Crippen molar-refractivity contribution in [3.05, 3.63) is 29.1 Å². The minimum absolute atomic E-state index is 0.161. The van der Waals surface area contributed by atoms with E-state index >= 15 is 0 Å². The summed E-state index contributed by atoms with van der Waals surface area (Å²) in [6.45, 7) is 6.72. The Kier molecular flexibility index (Phi) is 6.58. The molecule has 0 saturated carbocycles. The molecular formula is C14H22FNO3S. The summed E-state index contributed by atoms with van der Waals surface area (Å²) in [5, 5.41) is 0. The molecule has 114 valence electrons. The molecule has 0 amide bonds. The van der Waals surface area contributed by atoms with Crippen molar-refractivity contribution in [1.82, 2.24) is 4.72 Å². The zero-order valence-electron chi connectivity index (χ0n) is 12.2. The molecule has 0 aliphatic heterocycles. The molecule has 0 saturated heterocycles. The molecule has 6 heteroatoms. The molecule has 20 heavy (non-hydrogen) atoms. The molecule has 1 aromatic rings. The number of ether oxygens (including phenoxy) is 1. The molecule has 0 radical (unpaired) electrons. The minimum Gasteiger partial charge on any atom is -0.381 e. The quantitative estimate of drug-likeness (QED) is 0.751. The summed E-state index contributed by atoms with van der Waals surface area (Å²) in [5.41, 5.74) is 0.828. The zero-order valence-corrected chi connectivity index (χ0v) is 13.0. The van der Waals surface area contributed by atoms with E-state index in [9.17, 15) is 12.8 Å². The van der Waals surface area contributed by atoms with Crippen molar-refractivity contribution in [2.45, 2.75) is 38.5 Å². The van der Waals surface area contributed by atoms with Crippen LogP contribution in [0, 0.1) is 19.7 Å². The number of benzene rings is 1. The fraction of sp³-hybridized carbons (Fsp3) is 0.571. The van der Waals surface area contributed by atoms with Crippen LogP contribution in [-0.4, -0.2) is 28.2 Å². The van der Waals surface area contributed by atoms with Crippen LogP contribution in [0.3, 0.4) is 0 Å². The summed E-state index contributed by atoms with van der Waals surface area (Å²) in [6.07, 6.45) is 1.55. The molecule has 0 unspecified atom stereocenters. The van der Waals surface area contributed by atoms with E-state index in [4.69, 9.17) is 4.74 Å². The molecular weight excluding hydrogens is 281 g/mol. The molecule has 4 nitrogen and oxygen atoms in total. The van der Waals surface area contributed by atoms with E-state index in [1.165, 1.54) is 12.1 Å². The molecule has 1 N–H and O–H groups in total. The number of aryl methyl sites for hydroxylation is 2. The molecule has 0 fully saturated rings. The lowest BCUT2D eigenvalue weighted by Gasteiger charge is -2.12. The standard InChI is InChI=1S/C14H22FNO3S/c1-4-7-19-8-5-6-16-20(17,18)14-11(2)9-13(15)10-12(14)3/h9-10,16H,4-8H2,1-3H3. The van der Waals surface area contributed by atoms with Gasteiger partial charge in [0.25, 0.3) is 0 Å². The van der Waals surface area contributed by atoms with Gasteiger partial charge >= 0.3 is 0 Å². The lowest BCUT2D eigenvalue weighted by atomic mass is 10.1. The van der Waals surface area contributed by atoms with Crippen LogP contribution in [0.2, 0.25) is 0 Å². The van der Waals surface area contributed by atoms with Gasteiger partial charge in [0.2, 0.25) is 10.0 Å². The van der Waals surface area contributed by atoms with Crippen molar-refractivity contribution in [2.75, 3.05) is 19.8 Å². The first-order valence-corrected chi connectivity index (χ1v) is 8.21. The summed E-state index contributed by atoms with van der Waals surface area (Å²) in [5.74, 6) is -0.424. The molecule has 0 bridgehead atoms. The Morgan fingerprint density at radius 3 is 2.35 bits per heavy atom. The fourth-order valence-corrected chi connectivity index (χ4v) is 3.54. The van der Waals surface area contributed by atoms with Crippen molar-refractivity contribution in [3.8, 4) is 0 Å². The van der Waals surface area contributed by atoms with Crippen LogP contribution in [0.15, 0.2) is 17.0 Å². The first-order valence-electron chi connectivity index (χ1n) is 6.72. The van der Waals surface area contributed by atoms with Gasteiger partial charge in [-0.15, -0.1) is 0 Å². The molecule has 0 heterocycles. The summed E-state index contributed by atoms with van der Waals surface area (Å²) in [7, 11) is -3.60. The summed E-state index contributed by atoms with van der Waals surface area (Å²) in [6, 6.07) is 2.46. The van der Waals surface area contributed by atoms with Crippen LogP contribution in [0.1, 0.15) is 30.9 Å². The molecule has 0 atom stereocenters. The van der Waals surface area contributed by atoms with Crippen LogP contribution in [0.5, 0.6) is 0 Å². The lowest BCUT2D eigenvalue weighted by molar-refractivity contribution is 0.133. The van der Waals surface area contributed by atoms with Gasteiger partial charge in [0.1, 0.15) is 5.82 Å². The maximum Gasteiger partial charge on any atom is 0.241 e. The molecule has 1 rings (SSSR count). The summed E-state index contributed by atoms with van der Waals surface area (Å²) >= 11 is 0. The third-order valence-corrected chi connectivity index (χ3v) is 4.57. The highest BCUT2D eigenvalue weighted by molar-refractivity contribution is 7.89. The second-order valence-corrected chi connectivity index (χ2v) is 6.44. The maximum atomic E-state index is 13.2. The molecule has 0 spiro atoms. The van der Waals surface area contributed by atoms with Gasteiger partial charge in [0.05, 0.1) is 4.90 Å². The van der Waals surface area contributed by atoms with E-state index in [1.54, 1.807) is 13.8 Å². The Morgan fingerprint density at radius 1 is 1.20 bits per heavy atom. The second kappa shape index (κ2) is 7.71. The van der Waals surface area contributed by atoms with Crippen LogP contribution >= 0.6 is 0 Å². The van der Waals surface area contributed by atoms with Crippen LogP contribution in [-0.2, 0) is 14.8 Å². The minimum atomic E-state index is -3.60. The normalized spacial score (nSPS) is 11.8. The number of halogens is 1. The van der Waals surface area contributed by atoms with E-state index in [-0.39, 0.29) is 4.90 Å². The van der Waals surface area contributed by atoms with Gasteiger partial charge in [0.15, 0.2) is 0 Å². The van der Waals surface area contributed by atoms with Crippen LogP contribution in [0.25, 0.3) is 0 Å². The predicted molar refractivity (Wildman–Crippen MR) is 76.8 cm³/mol. The van der Waals surface area contributed by atoms with Crippen molar-refractivity contribution >= 4 is 10.0 Å². The van der Waals surface area contributed by atoms with Gasteiger partial charge < -0.3 is 4.74 Å². The second-order valence-electron chi connectivity index (χ2n) is 4.73. The Hall–Kier alpha value is -0.980. The average molecular weight is 303 g/mol. The summed E-state index contributed by atoms with van der Waals surface area (Å²) in [4.78, 5) is 0.161. The van der Waals surface area contributed by atoms with Gasteiger partial charge in [0, 0.05) is 19.8 Å². The molecule has 0 aromatic heterocycles. The van der Waals surface area contributed by atoms with Crippen LogP contribution in [0.4, 0.5) is 4.39 Å². The van der Waals surface area contributed by atoms with E-state index < -0.39 is 15.8 Å². The van der Waals surface area contributed by atoms with Crippen molar-refractivity contribution in [3.63, 3.8) is 0 Å². The van der Waals surface area contributed by atoms with Gasteiger partial charge in [-0.3, -0.25) is 0 Å². The lowest BCUT2D eigenvalue weighted by Crippen LogP contribution is -2.27. The predicted octanol–water partition coefficient (Wildman–Crippen LogP) is 2.54. The van der Waals surface area contributed by atoms with Gasteiger partial charge in [-0.25, -0.2) is 17.5 Å². The highest BCUT2D eigenvalue weighted by atomic mass is 32.2. The number of nitrogens with one attached hydrogen (secondary N) is 1. The Morgan fingerprint density at radius 2 is 1.80 bits per heavy atom. The fourth-order valence-electron chi connectivity index (χ4n) is 2.02. The Bertz CT molecular complexity index is 520. The number of hydrogen-bond donors (Lipinski definition) is 1. The smallest absolute Gasteiger partial charge is 0.241 e. The zero-order chi connectivity index (χ0) is 15.2. The van der Waals surface area contributed by atoms with Crippen LogP contribution < -0.4 is 4.72 Å². The third kappa shape index (κ3) is 4.85. The largest absolute Gasteiger partial charge is 0.381 e. The molecule has 0 aliphatic carbocycles. The Balaban J connectivity index is 2.66. The SMILES string of the molecule is CCCOCCCNS(=O)(=O)c1c(C)cc(F)cc1C. The van der Waals surface area contributed by atoms with E-state index in [1.807, 2.05) is 6.92 Å². The van der Waals surface area contributed by atoms with Crippen molar-refractivity contribution in [1.29, 1.82) is 0 Å².